The molecule has 1 N–H and O–H groups in total. The highest BCUT2D eigenvalue weighted by Crippen LogP contribution is 2.56. The van der Waals surface area contributed by atoms with Gasteiger partial charge >= 0.3 is 0 Å². The lowest BCUT2D eigenvalue weighted by Gasteiger charge is -2.38. The van der Waals surface area contributed by atoms with Crippen molar-refractivity contribution in [2.24, 2.45) is 5.92 Å². The molecule has 1 saturated heterocycles. The Labute approximate surface area is 163 Å². The zero-order chi connectivity index (χ0) is 17.9. The molecule has 0 bridgehead atoms. The van der Waals surface area contributed by atoms with E-state index in [0.29, 0.717) is 16.0 Å². The first-order chi connectivity index (χ1) is 12.6. The standard InChI is InChI=1S/C21H20Cl2N2O/c22-15-3-1-2-14(10-15)17-8-9-25(12-13-4-5-13)21(17)18-7-6-16(23)11-19(18)24-20(21)26/h1-3,6-7,10-11,13,17H,4-5,8-9,12H2,(H,24,26)/t17-,21+/m1/s1. The smallest absolute Gasteiger partial charge is 0.250 e. The summed E-state index contributed by atoms with van der Waals surface area (Å²) in [5.74, 6) is 0.870. The van der Waals surface area contributed by atoms with E-state index in [1.54, 1.807) is 0 Å². The minimum Gasteiger partial charge on any atom is -0.324 e. The van der Waals surface area contributed by atoms with Crippen molar-refractivity contribution in [2.75, 3.05) is 18.4 Å². The van der Waals surface area contributed by atoms with E-state index in [-0.39, 0.29) is 11.8 Å². The SMILES string of the molecule is O=C1Nc2cc(Cl)ccc2[C@@]12[C@@H](c1cccc(Cl)c1)CCN2CC1CC1. The highest BCUT2D eigenvalue weighted by molar-refractivity contribution is 6.31. The van der Waals surface area contributed by atoms with E-state index in [2.05, 4.69) is 16.3 Å². The van der Waals surface area contributed by atoms with Crippen LogP contribution in [0.25, 0.3) is 0 Å². The van der Waals surface area contributed by atoms with E-state index in [0.717, 1.165) is 36.3 Å². The largest absolute Gasteiger partial charge is 0.324 e. The molecule has 2 aromatic carbocycles. The second kappa shape index (κ2) is 5.98. The molecule has 3 nitrogen and oxygen atoms in total. The van der Waals surface area contributed by atoms with Crippen LogP contribution in [0.5, 0.6) is 0 Å². The number of likely N-dealkylation sites (tertiary alicyclic amines) is 1. The Balaban J connectivity index is 1.68. The average Bonchev–Trinajstić information content (AvgIpc) is 3.28. The van der Waals surface area contributed by atoms with Gasteiger partial charge in [-0.2, -0.15) is 0 Å². The van der Waals surface area contributed by atoms with Crippen molar-refractivity contribution >= 4 is 34.8 Å². The third-order valence-corrected chi connectivity index (χ3v) is 6.57. The van der Waals surface area contributed by atoms with Gasteiger partial charge in [-0.3, -0.25) is 9.69 Å². The second-order valence-corrected chi connectivity index (χ2v) is 8.57. The molecular weight excluding hydrogens is 367 g/mol. The first-order valence-corrected chi connectivity index (χ1v) is 9.96. The molecule has 1 spiro atoms. The number of nitrogens with one attached hydrogen (secondary N) is 1. The van der Waals surface area contributed by atoms with E-state index in [9.17, 15) is 4.79 Å². The highest BCUT2D eigenvalue weighted by Gasteiger charge is 2.60. The number of fused-ring (bicyclic) bond motifs is 2. The van der Waals surface area contributed by atoms with Crippen LogP contribution in [0.1, 0.15) is 36.3 Å². The summed E-state index contributed by atoms with van der Waals surface area (Å²) >= 11 is 12.5. The van der Waals surface area contributed by atoms with Crippen molar-refractivity contribution in [1.29, 1.82) is 0 Å². The molecule has 26 heavy (non-hydrogen) atoms. The van der Waals surface area contributed by atoms with Gasteiger partial charge < -0.3 is 5.32 Å². The molecule has 1 aliphatic carbocycles. The molecule has 134 valence electrons. The van der Waals surface area contributed by atoms with Gasteiger partial charge in [0.2, 0.25) is 5.91 Å². The van der Waals surface area contributed by atoms with Gasteiger partial charge in [0.05, 0.1) is 0 Å². The van der Waals surface area contributed by atoms with Crippen LogP contribution in [0.4, 0.5) is 5.69 Å². The summed E-state index contributed by atoms with van der Waals surface area (Å²) in [4.78, 5) is 15.8. The number of carbonyl (C=O) groups excluding carboxylic acids is 1. The van der Waals surface area contributed by atoms with Gasteiger partial charge in [-0.1, -0.05) is 41.4 Å². The molecule has 5 rings (SSSR count). The van der Waals surface area contributed by atoms with Crippen LogP contribution in [-0.4, -0.2) is 23.9 Å². The fourth-order valence-corrected chi connectivity index (χ4v) is 5.19. The summed E-state index contributed by atoms with van der Waals surface area (Å²) in [6, 6.07) is 13.8. The Kier molecular flexibility index (Phi) is 3.82. The van der Waals surface area contributed by atoms with Crippen molar-refractivity contribution in [3.05, 3.63) is 63.6 Å². The van der Waals surface area contributed by atoms with Gasteiger partial charge in [0.1, 0.15) is 5.54 Å². The molecular formula is C21H20Cl2N2O. The van der Waals surface area contributed by atoms with Crippen LogP contribution >= 0.6 is 23.2 Å². The Hall–Kier alpha value is -1.55. The quantitative estimate of drug-likeness (QED) is 0.800. The minimum absolute atomic E-state index is 0.0675. The third kappa shape index (κ3) is 2.41. The van der Waals surface area contributed by atoms with E-state index >= 15 is 0 Å². The van der Waals surface area contributed by atoms with E-state index in [1.165, 1.54) is 12.8 Å². The van der Waals surface area contributed by atoms with Crippen molar-refractivity contribution in [1.82, 2.24) is 4.90 Å². The number of rotatable bonds is 3. The first kappa shape index (κ1) is 16.6. The Morgan fingerprint density at radius 3 is 2.65 bits per heavy atom. The maximum absolute atomic E-state index is 13.4. The molecule has 5 heteroatoms. The van der Waals surface area contributed by atoms with Gasteiger partial charge in [-0.25, -0.2) is 0 Å². The Bertz CT molecular complexity index is 895. The molecule has 0 radical (unpaired) electrons. The zero-order valence-electron chi connectivity index (χ0n) is 14.3. The zero-order valence-corrected chi connectivity index (χ0v) is 15.9. The van der Waals surface area contributed by atoms with Crippen LogP contribution in [0, 0.1) is 5.92 Å². The lowest BCUT2D eigenvalue weighted by Crippen LogP contribution is -2.50. The number of amides is 1. The molecule has 2 atom stereocenters. The topological polar surface area (TPSA) is 32.3 Å². The summed E-state index contributed by atoms with van der Waals surface area (Å²) in [5, 5.41) is 4.47. The monoisotopic (exact) mass is 386 g/mol. The summed E-state index contributed by atoms with van der Waals surface area (Å²) < 4.78 is 0. The molecule has 0 aromatic heterocycles. The van der Waals surface area contributed by atoms with Gasteiger partial charge in [0.25, 0.3) is 0 Å². The van der Waals surface area contributed by atoms with Crippen LogP contribution < -0.4 is 5.32 Å². The van der Waals surface area contributed by atoms with Crippen molar-refractivity contribution in [3.63, 3.8) is 0 Å². The van der Waals surface area contributed by atoms with Crippen LogP contribution in [0.15, 0.2) is 42.5 Å². The van der Waals surface area contributed by atoms with Crippen LogP contribution in [0.3, 0.4) is 0 Å². The molecule has 2 fully saturated rings. The number of hydrogen-bond donors (Lipinski definition) is 1. The van der Waals surface area contributed by atoms with Crippen molar-refractivity contribution < 1.29 is 4.79 Å². The van der Waals surface area contributed by atoms with Gasteiger partial charge in [-0.05, 0) is 55.0 Å². The van der Waals surface area contributed by atoms with Crippen molar-refractivity contribution in [3.8, 4) is 0 Å². The van der Waals surface area contributed by atoms with E-state index in [4.69, 9.17) is 23.2 Å². The number of carbonyl (C=O) groups is 1. The average molecular weight is 387 g/mol. The first-order valence-electron chi connectivity index (χ1n) is 9.21. The predicted molar refractivity (Wildman–Crippen MR) is 105 cm³/mol. The molecule has 2 aliphatic heterocycles. The Morgan fingerprint density at radius 2 is 1.88 bits per heavy atom. The highest BCUT2D eigenvalue weighted by atomic mass is 35.5. The fraction of sp³-hybridized carbons (Fsp3) is 0.381. The van der Waals surface area contributed by atoms with Crippen LogP contribution in [-0.2, 0) is 10.3 Å². The molecule has 2 heterocycles. The lowest BCUT2D eigenvalue weighted by atomic mass is 9.75. The van der Waals surface area contributed by atoms with Gasteiger partial charge in [0, 0.05) is 40.3 Å². The van der Waals surface area contributed by atoms with Gasteiger partial charge in [0.15, 0.2) is 0 Å². The molecule has 1 saturated carbocycles. The molecule has 0 unspecified atom stereocenters. The number of anilines is 1. The normalized spacial score (nSPS) is 27.8. The Morgan fingerprint density at radius 1 is 1.08 bits per heavy atom. The van der Waals surface area contributed by atoms with Crippen molar-refractivity contribution in [2.45, 2.75) is 30.7 Å². The maximum Gasteiger partial charge on any atom is 0.250 e. The third-order valence-electron chi connectivity index (χ3n) is 6.10. The van der Waals surface area contributed by atoms with E-state index < -0.39 is 5.54 Å². The summed E-state index contributed by atoms with van der Waals surface area (Å²) in [5.41, 5.74) is 2.37. The number of nitrogens with zero attached hydrogens (tertiary/aromatic N) is 1. The number of hydrogen-bond acceptors (Lipinski definition) is 2. The minimum atomic E-state index is -0.660. The summed E-state index contributed by atoms with van der Waals surface area (Å²) in [6.45, 7) is 1.90. The predicted octanol–water partition coefficient (Wildman–Crippen LogP) is 5.04. The molecule has 2 aromatic rings. The second-order valence-electron chi connectivity index (χ2n) is 7.70. The molecule has 3 aliphatic rings. The number of benzene rings is 2. The number of halogens is 2. The van der Waals surface area contributed by atoms with Gasteiger partial charge in [-0.15, -0.1) is 0 Å². The van der Waals surface area contributed by atoms with Crippen LogP contribution in [0.2, 0.25) is 10.0 Å². The summed E-state index contributed by atoms with van der Waals surface area (Å²) in [7, 11) is 0. The summed E-state index contributed by atoms with van der Waals surface area (Å²) in [6.07, 6.45) is 3.48. The van der Waals surface area contributed by atoms with E-state index in [1.807, 2.05) is 36.4 Å². The maximum atomic E-state index is 13.4. The molecule has 1 amide bonds. The lowest BCUT2D eigenvalue weighted by molar-refractivity contribution is -0.127. The fourth-order valence-electron chi connectivity index (χ4n) is 4.82.